The van der Waals surface area contributed by atoms with Gasteiger partial charge < -0.3 is 9.73 Å². The lowest BCUT2D eigenvalue weighted by Crippen LogP contribution is -2.46. The Morgan fingerprint density at radius 1 is 1.05 bits per heavy atom. The summed E-state index contributed by atoms with van der Waals surface area (Å²) in [6.07, 6.45) is -3.20. The van der Waals surface area contributed by atoms with E-state index in [4.69, 9.17) is 16.0 Å². The van der Waals surface area contributed by atoms with E-state index in [1.165, 1.54) is 41.2 Å². The monoisotopic (exact) mass is 570 g/mol. The van der Waals surface area contributed by atoms with Gasteiger partial charge in [-0.3, -0.25) is 24.0 Å². The van der Waals surface area contributed by atoms with Crippen LogP contribution in [0.2, 0.25) is 5.02 Å². The molecule has 0 unspecified atom stereocenters. The molecule has 0 fully saturated rings. The molecule has 0 aliphatic carbocycles. The number of halogens is 4. The second-order valence-corrected chi connectivity index (χ2v) is 9.79. The molecule has 0 bridgehead atoms. The van der Waals surface area contributed by atoms with Gasteiger partial charge in [0.15, 0.2) is 5.76 Å². The maximum absolute atomic E-state index is 13.3. The Balaban J connectivity index is 1.44. The average molecular weight is 571 g/mol. The zero-order chi connectivity index (χ0) is 28.8. The molecule has 3 heterocycles. The molecule has 2 aromatic heterocycles. The number of rotatable bonds is 7. The van der Waals surface area contributed by atoms with Gasteiger partial charge in [0.2, 0.25) is 0 Å². The summed E-state index contributed by atoms with van der Waals surface area (Å²) in [6, 6.07) is 11.5. The van der Waals surface area contributed by atoms with Crippen molar-refractivity contribution < 1.29 is 32.0 Å². The molecule has 206 valence electrons. The fourth-order valence-corrected chi connectivity index (χ4v) is 5.01. The average Bonchev–Trinajstić information content (AvgIpc) is 3.53. The first-order chi connectivity index (χ1) is 18.9. The van der Waals surface area contributed by atoms with Gasteiger partial charge in [0.1, 0.15) is 5.76 Å². The van der Waals surface area contributed by atoms with Crippen LogP contribution in [0.15, 0.2) is 65.2 Å². The van der Waals surface area contributed by atoms with Crippen molar-refractivity contribution >= 4 is 29.3 Å². The molecule has 5 rings (SSSR count). The Morgan fingerprint density at radius 2 is 1.73 bits per heavy atom. The van der Waals surface area contributed by atoms with Gasteiger partial charge in [-0.15, -0.1) is 0 Å². The highest BCUT2D eigenvalue weighted by atomic mass is 35.5. The highest BCUT2D eigenvalue weighted by molar-refractivity contribution is 6.33. The normalized spacial score (nSPS) is 14.0. The number of imide groups is 1. The third kappa shape index (κ3) is 5.12. The summed E-state index contributed by atoms with van der Waals surface area (Å²) in [5, 5.41) is 7.18. The SMILES string of the molecule is Cc1oc(C(=O)N[C@@H](Cc2cccc(C(F)(F)F)c2)CN2C(=O)c3ccccc3C2=O)cc1-c1c(Cl)cnn1C. The van der Waals surface area contributed by atoms with E-state index in [0.29, 0.717) is 22.0 Å². The number of nitrogens with one attached hydrogen (secondary N) is 1. The second kappa shape index (κ2) is 10.3. The number of hydrogen-bond acceptors (Lipinski definition) is 5. The summed E-state index contributed by atoms with van der Waals surface area (Å²) in [6.45, 7) is 1.38. The maximum atomic E-state index is 13.3. The van der Waals surface area contributed by atoms with Crippen molar-refractivity contribution in [2.45, 2.75) is 25.6 Å². The lowest BCUT2D eigenvalue weighted by Gasteiger charge is -2.24. The fraction of sp³-hybridized carbons (Fsp3) is 0.214. The van der Waals surface area contributed by atoms with Gasteiger partial charge in [0, 0.05) is 19.2 Å². The lowest BCUT2D eigenvalue weighted by atomic mass is 10.0. The van der Waals surface area contributed by atoms with Crippen molar-refractivity contribution in [3.63, 3.8) is 0 Å². The zero-order valence-corrected chi connectivity index (χ0v) is 22.0. The first-order valence-electron chi connectivity index (χ1n) is 12.1. The molecule has 2 aromatic carbocycles. The molecule has 12 heteroatoms. The standard InChI is InChI=1S/C28H22ClF3N4O4/c1-15-21(24-22(29)13-33-35(24)2)12-23(40-15)25(37)34-18(11-16-6-5-7-17(10-16)28(30,31)32)14-36-26(38)19-8-3-4-9-20(19)27(36)39/h3-10,12-13,18H,11,14H2,1-2H3,(H,34,37)/t18-/m0/s1. The van der Waals surface area contributed by atoms with Crippen molar-refractivity contribution in [3.05, 3.63) is 99.6 Å². The van der Waals surface area contributed by atoms with Crippen molar-refractivity contribution in [1.29, 1.82) is 0 Å². The number of carbonyl (C=O) groups excluding carboxylic acids is 3. The molecule has 1 atom stereocenters. The number of alkyl halides is 3. The molecule has 1 aliphatic heterocycles. The van der Waals surface area contributed by atoms with Crippen LogP contribution in [0.5, 0.6) is 0 Å². The van der Waals surface area contributed by atoms with Gasteiger partial charge >= 0.3 is 6.18 Å². The minimum Gasteiger partial charge on any atom is -0.455 e. The van der Waals surface area contributed by atoms with Crippen LogP contribution >= 0.6 is 11.6 Å². The number of fused-ring (bicyclic) bond motifs is 1. The predicted molar refractivity (Wildman–Crippen MR) is 139 cm³/mol. The van der Waals surface area contributed by atoms with Gasteiger partial charge in [0.25, 0.3) is 17.7 Å². The lowest BCUT2D eigenvalue weighted by molar-refractivity contribution is -0.137. The van der Waals surface area contributed by atoms with Gasteiger partial charge in [-0.2, -0.15) is 18.3 Å². The second-order valence-electron chi connectivity index (χ2n) is 9.38. The third-order valence-corrected chi connectivity index (χ3v) is 6.92. The van der Waals surface area contributed by atoms with Gasteiger partial charge in [-0.05, 0) is 43.2 Å². The number of nitrogens with zero attached hydrogens (tertiary/aromatic N) is 3. The van der Waals surface area contributed by atoms with Gasteiger partial charge in [-0.25, -0.2) is 0 Å². The molecule has 0 saturated heterocycles. The van der Waals surface area contributed by atoms with Gasteiger partial charge in [0.05, 0.1) is 39.6 Å². The molecule has 8 nitrogen and oxygen atoms in total. The summed E-state index contributed by atoms with van der Waals surface area (Å²) < 4.78 is 47.2. The van der Waals surface area contributed by atoms with E-state index < -0.39 is 35.5 Å². The van der Waals surface area contributed by atoms with Crippen LogP contribution in [0.4, 0.5) is 13.2 Å². The van der Waals surface area contributed by atoms with E-state index in [9.17, 15) is 27.6 Å². The van der Waals surface area contributed by atoms with E-state index in [1.807, 2.05) is 0 Å². The van der Waals surface area contributed by atoms with Crippen molar-refractivity contribution in [2.24, 2.45) is 7.05 Å². The first-order valence-corrected chi connectivity index (χ1v) is 12.5. The molecular formula is C28H22ClF3N4O4. The van der Waals surface area contributed by atoms with Crippen LogP contribution in [0.25, 0.3) is 11.3 Å². The Kier molecular flexibility index (Phi) is 7.01. The topological polar surface area (TPSA) is 97.4 Å². The molecule has 4 aromatic rings. The summed E-state index contributed by atoms with van der Waals surface area (Å²) in [7, 11) is 1.68. The highest BCUT2D eigenvalue weighted by Crippen LogP contribution is 2.33. The Hall–Kier alpha value is -4.38. The number of aryl methyl sites for hydroxylation is 2. The van der Waals surface area contributed by atoms with Crippen molar-refractivity contribution in [2.75, 3.05) is 6.54 Å². The summed E-state index contributed by atoms with van der Waals surface area (Å²) in [5.41, 5.74) is 0.912. The summed E-state index contributed by atoms with van der Waals surface area (Å²) >= 11 is 6.25. The molecule has 0 spiro atoms. The van der Waals surface area contributed by atoms with E-state index in [2.05, 4.69) is 10.4 Å². The molecule has 0 radical (unpaired) electrons. The van der Waals surface area contributed by atoms with Crippen LogP contribution in [-0.2, 0) is 19.6 Å². The quantitative estimate of drug-likeness (QED) is 0.304. The predicted octanol–water partition coefficient (Wildman–Crippen LogP) is 5.30. The third-order valence-electron chi connectivity index (χ3n) is 6.64. The number of hydrogen-bond donors (Lipinski definition) is 1. The molecular weight excluding hydrogens is 549 g/mol. The van der Waals surface area contributed by atoms with Crippen LogP contribution in [0.3, 0.4) is 0 Å². The first kappa shape index (κ1) is 27.2. The summed E-state index contributed by atoms with van der Waals surface area (Å²) in [4.78, 5) is 40.3. The number of amides is 3. The number of aromatic nitrogens is 2. The maximum Gasteiger partial charge on any atom is 0.416 e. The largest absolute Gasteiger partial charge is 0.455 e. The number of carbonyl (C=O) groups is 3. The summed E-state index contributed by atoms with van der Waals surface area (Å²) in [5.74, 6) is -1.47. The number of benzene rings is 2. The Morgan fingerprint density at radius 3 is 2.33 bits per heavy atom. The minimum atomic E-state index is -4.56. The highest BCUT2D eigenvalue weighted by Gasteiger charge is 2.37. The molecule has 3 amide bonds. The van der Waals surface area contributed by atoms with E-state index in [-0.39, 0.29) is 35.4 Å². The zero-order valence-electron chi connectivity index (χ0n) is 21.3. The number of furan rings is 1. The Bertz CT molecular complexity index is 1590. The van der Waals surface area contributed by atoms with E-state index in [1.54, 1.807) is 26.1 Å². The molecule has 1 aliphatic rings. The fourth-order valence-electron chi connectivity index (χ4n) is 4.75. The van der Waals surface area contributed by atoms with Crippen LogP contribution in [0.1, 0.15) is 48.2 Å². The van der Waals surface area contributed by atoms with Crippen molar-refractivity contribution in [1.82, 2.24) is 20.0 Å². The Labute approximate surface area is 231 Å². The van der Waals surface area contributed by atoms with E-state index in [0.717, 1.165) is 17.0 Å². The van der Waals surface area contributed by atoms with Crippen LogP contribution < -0.4 is 5.32 Å². The van der Waals surface area contributed by atoms with Crippen molar-refractivity contribution in [3.8, 4) is 11.3 Å². The smallest absolute Gasteiger partial charge is 0.416 e. The van der Waals surface area contributed by atoms with Gasteiger partial charge in [-0.1, -0.05) is 41.9 Å². The molecule has 1 N–H and O–H groups in total. The molecule has 40 heavy (non-hydrogen) atoms. The van der Waals surface area contributed by atoms with E-state index >= 15 is 0 Å². The molecule has 0 saturated carbocycles. The van der Waals surface area contributed by atoms with Crippen LogP contribution in [0, 0.1) is 6.92 Å². The minimum absolute atomic E-state index is 0.0822. The van der Waals surface area contributed by atoms with Crippen LogP contribution in [-0.4, -0.2) is 45.0 Å².